The van der Waals surface area contributed by atoms with Crippen LogP contribution in [-0.2, 0) is 21.4 Å². The molecule has 0 radical (unpaired) electrons. The van der Waals surface area contributed by atoms with Crippen LogP contribution in [0, 0.1) is 0 Å². The van der Waals surface area contributed by atoms with Crippen molar-refractivity contribution in [1.29, 1.82) is 0 Å². The molecule has 1 atom stereocenters. The zero-order valence-corrected chi connectivity index (χ0v) is 19.4. The Kier molecular flexibility index (Phi) is 7.70. The second kappa shape index (κ2) is 10.3. The first-order valence-corrected chi connectivity index (χ1v) is 11.9. The molecule has 1 saturated heterocycles. The minimum atomic E-state index is -4.02. The standard InChI is InChI=1S/C21H25ClN4O5S/c1-25(2)21(28)31-17-9-8-16(24-13-17)14-26(19-5-3-4-12-23-20(19)27)32(29,30)18-10-6-15(22)7-11-18/h6-11,13,19H,3-5,12,14H2,1-2H3,(H,23,27). The molecule has 2 heterocycles. The van der Waals surface area contributed by atoms with Crippen molar-refractivity contribution in [2.45, 2.75) is 36.7 Å². The number of nitrogens with one attached hydrogen (secondary N) is 1. The van der Waals surface area contributed by atoms with Gasteiger partial charge in [0.15, 0.2) is 5.75 Å². The van der Waals surface area contributed by atoms with Crippen LogP contribution in [0.25, 0.3) is 0 Å². The van der Waals surface area contributed by atoms with Crippen molar-refractivity contribution in [2.24, 2.45) is 0 Å². The maximum Gasteiger partial charge on any atom is 0.414 e. The molecular formula is C21H25ClN4O5S. The summed E-state index contributed by atoms with van der Waals surface area (Å²) < 4.78 is 33.3. The fourth-order valence-electron chi connectivity index (χ4n) is 3.22. The Morgan fingerprint density at radius 3 is 2.53 bits per heavy atom. The number of aromatic nitrogens is 1. The smallest absolute Gasteiger partial charge is 0.409 e. The average Bonchev–Trinajstić information content (AvgIpc) is 2.97. The summed E-state index contributed by atoms with van der Waals surface area (Å²) >= 11 is 5.91. The summed E-state index contributed by atoms with van der Waals surface area (Å²) in [5.41, 5.74) is 0.407. The summed E-state index contributed by atoms with van der Waals surface area (Å²) in [5.74, 6) is -0.108. The van der Waals surface area contributed by atoms with Gasteiger partial charge in [0.25, 0.3) is 0 Å². The summed E-state index contributed by atoms with van der Waals surface area (Å²) in [6.45, 7) is 0.388. The van der Waals surface area contributed by atoms with Gasteiger partial charge in [0, 0.05) is 25.7 Å². The van der Waals surface area contributed by atoms with E-state index in [1.165, 1.54) is 45.7 Å². The molecule has 3 rings (SSSR count). The Labute approximate surface area is 192 Å². The Balaban J connectivity index is 1.91. The van der Waals surface area contributed by atoms with E-state index in [1.54, 1.807) is 20.2 Å². The normalized spacial score (nSPS) is 16.9. The van der Waals surface area contributed by atoms with Crippen LogP contribution in [0.1, 0.15) is 25.0 Å². The van der Waals surface area contributed by atoms with Gasteiger partial charge in [-0.3, -0.25) is 9.78 Å². The minimum absolute atomic E-state index is 0.0375. The molecule has 172 valence electrons. The van der Waals surface area contributed by atoms with Crippen molar-refractivity contribution in [1.82, 2.24) is 19.5 Å². The van der Waals surface area contributed by atoms with E-state index in [0.29, 0.717) is 30.1 Å². The summed E-state index contributed by atoms with van der Waals surface area (Å²) in [6.07, 6.45) is 2.68. The van der Waals surface area contributed by atoms with E-state index in [2.05, 4.69) is 10.3 Å². The molecule has 32 heavy (non-hydrogen) atoms. The Morgan fingerprint density at radius 2 is 1.91 bits per heavy atom. The Bertz CT molecular complexity index is 1060. The van der Waals surface area contributed by atoms with Gasteiger partial charge in [-0.05, 0) is 55.7 Å². The summed E-state index contributed by atoms with van der Waals surface area (Å²) in [5, 5.41) is 3.20. The first-order valence-electron chi connectivity index (χ1n) is 10.1. The van der Waals surface area contributed by atoms with Crippen molar-refractivity contribution < 1.29 is 22.7 Å². The number of carbonyl (C=O) groups is 2. The quantitative estimate of drug-likeness (QED) is 0.680. The Morgan fingerprint density at radius 1 is 1.19 bits per heavy atom. The highest BCUT2D eigenvalue weighted by Gasteiger charge is 2.36. The first kappa shape index (κ1) is 24.0. The van der Waals surface area contributed by atoms with E-state index in [4.69, 9.17) is 16.3 Å². The number of amides is 2. The predicted molar refractivity (Wildman–Crippen MR) is 119 cm³/mol. The molecular weight excluding hydrogens is 456 g/mol. The van der Waals surface area contributed by atoms with Crippen molar-refractivity contribution in [3.8, 4) is 5.75 Å². The lowest BCUT2D eigenvalue weighted by Crippen LogP contribution is -2.48. The third kappa shape index (κ3) is 5.76. The number of rotatable bonds is 6. The van der Waals surface area contributed by atoms with Crippen molar-refractivity contribution >= 4 is 33.6 Å². The molecule has 1 N–H and O–H groups in total. The number of benzene rings is 1. The van der Waals surface area contributed by atoms with Gasteiger partial charge < -0.3 is 15.0 Å². The maximum atomic E-state index is 13.5. The van der Waals surface area contributed by atoms with Crippen LogP contribution in [0.4, 0.5) is 4.79 Å². The van der Waals surface area contributed by atoms with E-state index in [-0.39, 0.29) is 23.1 Å². The second-order valence-electron chi connectivity index (χ2n) is 7.55. The molecule has 0 saturated carbocycles. The van der Waals surface area contributed by atoms with Gasteiger partial charge in [-0.2, -0.15) is 4.31 Å². The molecule has 0 aliphatic carbocycles. The highest BCUT2D eigenvalue weighted by Crippen LogP contribution is 2.26. The summed E-state index contributed by atoms with van der Waals surface area (Å²) in [6, 6.07) is 8.04. The number of hydrogen-bond donors (Lipinski definition) is 1. The van der Waals surface area contributed by atoms with Crippen molar-refractivity contribution in [3.05, 3.63) is 53.3 Å². The number of ether oxygens (including phenoxy) is 1. The van der Waals surface area contributed by atoms with Crippen LogP contribution >= 0.6 is 11.6 Å². The van der Waals surface area contributed by atoms with E-state index in [0.717, 1.165) is 6.42 Å². The lowest BCUT2D eigenvalue weighted by Gasteiger charge is -2.29. The highest BCUT2D eigenvalue weighted by molar-refractivity contribution is 7.89. The molecule has 1 fully saturated rings. The van der Waals surface area contributed by atoms with E-state index in [1.807, 2.05) is 0 Å². The number of pyridine rings is 1. The fourth-order valence-corrected chi connectivity index (χ4v) is 4.93. The topological polar surface area (TPSA) is 109 Å². The van der Waals surface area contributed by atoms with Gasteiger partial charge in [-0.25, -0.2) is 13.2 Å². The number of nitrogens with zero attached hydrogens (tertiary/aromatic N) is 3. The molecule has 11 heteroatoms. The number of carbonyl (C=O) groups excluding carboxylic acids is 2. The third-order valence-corrected chi connectivity index (χ3v) is 7.08. The lowest BCUT2D eigenvalue weighted by atomic mass is 10.1. The SMILES string of the molecule is CN(C)C(=O)Oc1ccc(CN(C2CCCCNC2=O)S(=O)(=O)c2ccc(Cl)cc2)nc1. The van der Waals surface area contributed by atoms with Gasteiger partial charge >= 0.3 is 6.09 Å². The monoisotopic (exact) mass is 480 g/mol. The zero-order valence-electron chi connectivity index (χ0n) is 17.8. The molecule has 1 aliphatic heterocycles. The molecule has 1 unspecified atom stereocenters. The molecule has 1 aromatic heterocycles. The number of sulfonamides is 1. The molecule has 9 nitrogen and oxygen atoms in total. The maximum absolute atomic E-state index is 13.5. The first-order chi connectivity index (χ1) is 15.2. The Hall–Kier alpha value is -2.69. The molecule has 0 bridgehead atoms. The van der Waals surface area contributed by atoms with Gasteiger partial charge in [0.2, 0.25) is 15.9 Å². The molecule has 2 amide bonds. The lowest BCUT2D eigenvalue weighted by molar-refractivity contribution is -0.124. The summed E-state index contributed by atoms with van der Waals surface area (Å²) in [7, 11) is -0.909. The summed E-state index contributed by atoms with van der Waals surface area (Å²) in [4.78, 5) is 29.9. The molecule has 1 aromatic carbocycles. The molecule has 2 aromatic rings. The van der Waals surface area contributed by atoms with Crippen LogP contribution in [0.5, 0.6) is 5.75 Å². The third-order valence-electron chi connectivity index (χ3n) is 4.96. The highest BCUT2D eigenvalue weighted by atomic mass is 35.5. The number of halogens is 1. The molecule has 0 spiro atoms. The second-order valence-corrected chi connectivity index (χ2v) is 9.88. The minimum Gasteiger partial charge on any atom is -0.409 e. The average molecular weight is 481 g/mol. The van der Waals surface area contributed by atoms with Crippen LogP contribution in [-0.4, -0.2) is 61.3 Å². The number of hydrogen-bond acceptors (Lipinski definition) is 6. The van der Waals surface area contributed by atoms with Gasteiger partial charge in [0.1, 0.15) is 6.04 Å². The van der Waals surface area contributed by atoms with Gasteiger partial charge in [-0.1, -0.05) is 11.6 Å². The fraction of sp³-hybridized carbons (Fsp3) is 0.381. The predicted octanol–water partition coefficient (Wildman–Crippen LogP) is 2.66. The van der Waals surface area contributed by atoms with E-state index in [9.17, 15) is 18.0 Å². The van der Waals surface area contributed by atoms with Crippen molar-refractivity contribution in [2.75, 3.05) is 20.6 Å². The van der Waals surface area contributed by atoms with E-state index >= 15 is 0 Å². The van der Waals surface area contributed by atoms with Crippen LogP contribution in [0.2, 0.25) is 5.02 Å². The van der Waals surface area contributed by atoms with Gasteiger partial charge in [0.05, 0.1) is 23.3 Å². The van der Waals surface area contributed by atoms with Crippen molar-refractivity contribution in [3.63, 3.8) is 0 Å². The zero-order chi connectivity index (χ0) is 23.3. The largest absolute Gasteiger partial charge is 0.414 e. The van der Waals surface area contributed by atoms with Crippen LogP contribution in [0.15, 0.2) is 47.5 Å². The van der Waals surface area contributed by atoms with Crippen LogP contribution < -0.4 is 10.1 Å². The van der Waals surface area contributed by atoms with Gasteiger partial charge in [-0.15, -0.1) is 0 Å². The van der Waals surface area contributed by atoms with E-state index < -0.39 is 22.2 Å². The molecule has 1 aliphatic rings. The van der Waals surface area contributed by atoms with Crippen LogP contribution in [0.3, 0.4) is 0 Å².